The third-order valence-electron chi connectivity index (χ3n) is 3.76. The van der Waals surface area contributed by atoms with Gasteiger partial charge in [0.2, 0.25) is 0 Å². The minimum atomic E-state index is 0.159. The van der Waals surface area contributed by atoms with Gasteiger partial charge in [-0.3, -0.25) is 0 Å². The first-order chi connectivity index (χ1) is 8.76. The molecule has 0 amide bonds. The van der Waals surface area contributed by atoms with Gasteiger partial charge in [-0.25, -0.2) is 0 Å². The van der Waals surface area contributed by atoms with Crippen LogP contribution in [0.3, 0.4) is 0 Å². The van der Waals surface area contributed by atoms with E-state index in [0.29, 0.717) is 6.04 Å². The van der Waals surface area contributed by atoms with E-state index in [1.165, 1.54) is 23.6 Å². The predicted octanol–water partition coefficient (Wildman–Crippen LogP) is 3.92. The summed E-state index contributed by atoms with van der Waals surface area (Å²) in [6.45, 7) is 0.895. The number of hydrogen-bond donors (Lipinski definition) is 1. The number of rotatable bonds is 2. The van der Waals surface area contributed by atoms with Crippen LogP contribution in [-0.4, -0.2) is 29.8 Å². The van der Waals surface area contributed by atoms with Gasteiger partial charge in [-0.1, -0.05) is 22.0 Å². The quantitative estimate of drug-likeness (QED) is 0.889. The van der Waals surface area contributed by atoms with Crippen molar-refractivity contribution in [2.24, 2.45) is 0 Å². The van der Waals surface area contributed by atoms with E-state index < -0.39 is 0 Å². The molecule has 2 unspecified atom stereocenters. The maximum absolute atomic E-state index is 6.05. The van der Waals surface area contributed by atoms with E-state index >= 15 is 0 Å². The normalized spacial score (nSPS) is 31.7. The van der Waals surface area contributed by atoms with Crippen LogP contribution in [0.25, 0.3) is 0 Å². The summed E-state index contributed by atoms with van der Waals surface area (Å²) in [6.07, 6.45) is 3.47. The Kier molecular flexibility index (Phi) is 3.87. The summed E-state index contributed by atoms with van der Waals surface area (Å²) in [4.78, 5) is 0. The van der Waals surface area contributed by atoms with Gasteiger partial charge >= 0.3 is 0 Å². The Hall–Kier alpha value is -0.190. The minimum absolute atomic E-state index is 0.159. The minimum Gasteiger partial charge on any atom is -0.382 e. The SMILES string of the molecule is Brc1cccc(NC2CCOC3(CCSC3)C2)c1. The van der Waals surface area contributed by atoms with Crippen molar-refractivity contribution >= 4 is 33.4 Å². The molecule has 98 valence electrons. The first kappa shape index (κ1) is 12.8. The molecule has 0 bridgehead atoms. The van der Waals surface area contributed by atoms with Crippen molar-refractivity contribution in [3.63, 3.8) is 0 Å². The Morgan fingerprint density at radius 1 is 1.44 bits per heavy atom. The van der Waals surface area contributed by atoms with Crippen LogP contribution in [0, 0.1) is 0 Å². The summed E-state index contributed by atoms with van der Waals surface area (Å²) < 4.78 is 7.18. The molecule has 2 heterocycles. The molecule has 2 fully saturated rings. The van der Waals surface area contributed by atoms with Crippen molar-refractivity contribution in [2.45, 2.75) is 30.9 Å². The highest BCUT2D eigenvalue weighted by Gasteiger charge is 2.40. The van der Waals surface area contributed by atoms with E-state index in [4.69, 9.17) is 4.74 Å². The largest absolute Gasteiger partial charge is 0.382 e. The number of hydrogen-bond acceptors (Lipinski definition) is 3. The fourth-order valence-electron chi connectivity index (χ4n) is 2.83. The molecule has 1 N–H and O–H groups in total. The summed E-state index contributed by atoms with van der Waals surface area (Å²) in [5.41, 5.74) is 1.36. The van der Waals surface area contributed by atoms with Gasteiger partial charge in [-0.15, -0.1) is 0 Å². The van der Waals surface area contributed by atoms with Crippen molar-refractivity contribution in [2.75, 3.05) is 23.4 Å². The summed E-state index contributed by atoms with van der Waals surface area (Å²) >= 11 is 5.55. The van der Waals surface area contributed by atoms with Gasteiger partial charge in [-0.05, 0) is 43.2 Å². The second-order valence-electron chi connectivity index (χ2n) is 5.18. The number of thioether (sulfide) groups is 1. The van der Waals surface area contributed by atoms with E-state index in [0.717, 1.165) is 23.9 Å². The van der Waals surface area contributed by atoms with Crippen molar-refractivity contribution < 1.29 is 4.74 Å². The van der Waals surface area contributed by atoms with Crippen molar-refractivity contribution in [1.29, 1.82) is 0 Å². The van der Waals surface area contributed by atoms with E-state index in [2.05, 4.69) is 45.5 Å². The third-order valence-corrected chi connectivity index (χ3v) is 5.47. The van der Waals surface area contributed by atoms with Crippen LogP contribution in [0.4, 0.5) is 5.69 Å². The van der Waals surface area contributed by atoms with Crippen LogP contribution in [0.1, 0.15) is 19.3 Å². The van der Waals surface area contributed by atoms with Gasteiger partial charge in [-0.2, -0.15) is 11.8 Å². The molecule has 1 aromatic rings. The molecule has 0 radical (unpaired) electrons. The average molecular weight is 328 g/mol. The third kappa shape index (κ3) is 2.86. The fourth-order valence-corrected chi connectivity index (χ4v) is 4.61. The number of benzene rings is 1. The van der Waals surface area contributed by atoms with Crippen LogP contribution < -0.4 is 5.32 Å². The number of anilines is 1. The predicted molar refractivity (Wildman–Crippen MR) is 81.4 cm³/mol. The van der Waals surface area contributed by atoms with Crippen LogP contribution in [0.2, 0.25) is 0 Å². The van der Waals surface area contributed by atoms with Crippen molar-refractivity contribution in [3.05, 3.63) is 28.7 Å². The molecule has 2 saturated heterocycles. The molecular formula is C14H18BrNOS. The standard InChI is InChI=1S/C14H18BrNOS/c15-11-2-1-3-12(8-11)16-13-4-6-17-14(9-13)5-7-18-10-14/h1-3,8,13,16H,4-7,9-10H2. The lowest BCUT2D eigenvalue weighted by atomic mass is 9.90. The summed E-state index contributed by atoms with van der Waals surface area (Å²) in [5.74, 6) is 2.42. The van der Waals surface area contributed by atoms with Crippen LogP contribution in [0.5, 0.6) is 0 Å². The molecule has 0 saturated carbocycles. The second-order valence-corrected chi connectivity index (χ2v) is 7.20. The zero-order chi connectivity index (χ0) is 12.4. The van der Waals surface area contributed by atoms with E-state index in [9.17, 15) is 0 Å². The molecule has 0 aliphatic carbocycles. The van der Waals surface area contributed by atoms with E-state index in [1.807, 2.05) is 11.8 Å². The first-order valence-corrected chi connectivity index (χ1v) is 8.44. The van der Waals surface area contributed by atoms with E-state index in [1.54, 1.807) is 0 Å². The molecule has 1 spiro atoms. The molecule has 2 aliphatic rings. The van der Waals surface area contributed by atoms with Crippen LogP contribution in [-0.2, 0) is 4.74 Å². The lowest BCUT2D eigenvalue weighted by Crippen LogP contribution is -2.44. The van der Waals surface area contributed by atoms with Gasteiger partial charge in [0, 0.05) is 28.6 Å². The van der Waals surface area contributed by atoms with Crippen LogP contribution in [0.15, 0.2) is 28.7 Å². The van der Waals surface area contributed by atoms with Gasteiger partial charge < -0.3 is 10.1 Å². The summed E-state index contributed by atoms with van der Waals surface area (Å²) in [6, 6.07) is 8.96. The molecule has 4 heteroatoms. The number of ether oxygens (including phenoxy) is 1. The topological polar surface area (TPSA) is 21.3 Å². The van der Waals surface area contributed by atoms with Gasteiger partial charge in [0.25, 0.3) is 0 Å². The monoisotopic (exact) mass is 327 g/mol. The van der Waals surface area contributed by atoms with Crippen molar-refractivity contribution in [1.82, 2.24) is 0 Å². The summed E-state index contributed by atoms with van der Waals surface area (Å²) in [7, 11) is 0. The second kappa shape index (κ2) is 5.43. The molecule has 1 aromatic carbocycles. The highest BCUT2D eigenvalue weighted by atomic mass is 79.9. The van der Waals surface area contributed by atoms with Crippen molar-refractivity contribution in [3.8, 4) is 0 Å². The molecule has 0 aromatic heterocycles. The average Bonchev–Trinajstić information content (AvgIpc) is 2.77. The number of halogens is 1. The maximum Gasteiger partial charge on any atom is 0.0799 e. The van der Waals surface area contributed by atoms with Crippen LogP contribution >= 0.6 is 27.7 Å². The zero-order valence-electron chi connectivity index (χ0n) is 10.3. The molecule has 2 aliphatic heterocycles. The van der Waals surface area contributed by atoms with Gasteiger partial charge in [0.05, 0.1) is 5.60 Å². The smallest absolute Gasteiger partial charge is 0.0799 e. The van der Waals surface area contributed by atoms with E-state index in [-0.39, 0.29) is 5.60 Å². The number of nitrogens with one attached hydrogen (secondary N) is 1. The Balaban J connectivity index is 1.66. The lowest BCUT2D eigenvalue weighted by Gasteiger charge is -2.38. The molecule has 3 rings (SSSR count). The Bertz CT molecular complexity index is 420. The molecule has 2 nitrogen and oxygen atoms in total. The fraction of sp³-hybridized carbons (Fsp3) is 0.571. The lowest BCUT2D eigenvalue weighted by molar-refractivity contribution is -0.0628. The Labute approximate surface area is 121 Å². The Morgan fingerprint density at radius 3 is 3.17 bits per heavy atom. The Morgan fingerprint density at radius 2 is 2.39 bits per heavy atom. The summed E-state index contributed by atoms with van der Waals surface area (Å²) in [5, 5.41) is 3.65. The molecule has 2 atom stereocenters. The first-order valence-electron chi connectivity index (χ1n) is 6.50. The highest BCUT2D eigenvalue weighted by molar-refractivity contribution is 9.10. The molecular weight excluding hydrogens is 310 g/mol. The molecule has 18 heavy (non-hydrogen) atoms. The highest BCUT2D eigenvalue weighted by Crippen LogP contribution is 2.39. The van der Waals surface area contributed by atoms with Gasteiger partial charge in [0.1, 0.15) is 0 Å². The van der Waals surface area contributed by atoms with Gasteiger partial charge in [0.15, 0.2) is 0 Å². The zero-order valence-corrected chi connectivity index (χ0v) is 12.7. The maximum atomic E-state index is 6.05.